The van der Waals surface area contributed by atoms with E-state index < -0.39 is 12.0 Å². The molecule has 8 heteroatoms. The maximum Gasteiger partial charge on any atom is 0.449 e. The molecule has 1 aromatic heterocycles. The van der Waals surface area contributed by atoms with Crippen LogP contribution < -0.4 is 5.32 Å². The Morgan fingerprint density at radius 2 is 2.14 bits per heavy atom. The number of hydrogen-bond donors (Lipinski definition) is 1. The smallest absolute Gasteiger partial charge is 0.383 e. The number of halogens is 3. The molecule has 2 rings (SSSR count). The van der Waals surface area contributed by atoms with E-state index in [2.05, 4.69) is 10.3 Å². The highest BCUT2D eigenvalue weighted by molar-refractivity contribution is 5.21. The molecule has 21 heavy (non-hydrogen) atoms. The van der Waals surface area contributed by atoms with Crippen molar-refractivity contribution in [2.75, 3.05) is 40.4 Å². The van der Waals surface area contributed by atoms with E-state index in [0.29, 0.717) is 50.6 Å². The summed E-state index contributed by atoms with van der Waals surface area (Å²) in [6, 6.07) is 0. The van der Waals surface area contributed by atoms with Crippen LogP contribution in [0, 0.1) is 0 Å². The van der Waals surface area contributed by atoms with Gasteiger partial charge in [-0.1, -0.05) is 0 Å². The molecule has 0 aromatic carbocycles. The van der Waals surface area contributed by atoms with Crippen LogP contribution in [0.5, 0.6) is 0 Å². The van der Waals surface area contributed by atoms with Crippen molar-refractivity contribution in [3.63, 3.8) is 0 Å². The molecule has 0 aliphatic carbocycles. The fourth-order valence-electron chi connectivity index (χ4n) is 2.46. The standard InChI is InChI=1S/C13H21F3N4O/c1-19(7-8-21-2)5-6-20-11-3-4-17-9-10(11)18-12(20)13(14,15)16/h17H,3-9H2,1-2H3. The molecule has 1 N–H and O–H groups in total. The van der Waals surface area contributed by atoms with Crippen LogP contribution >= 0.6 is 0 Å². The first-order valence-electron chi connectivity index (χ1n) is 6.97. The van der Waals surface area contributed by atoms with E-state index in [-0.39, 0.29) is 6.54 Å². The third kappa shape index (κ3) is 3.96. The Balaban J connectivity index is 2.14. The van der Waals surface area contributed by atoms with Crippen LogP contribution in [0.4, 0.5) is 13.2 Å². The monoisotopic (exact) mass is 306 g/mol. The number of methoxy groups -OCH3 is 1. The van der Waals surface area contributed by atoms with Crippen LogP contribution in [-0.4, -0.2) is 54.8 Å². The van der Waals surface area contributed by atoms with Crippen LogP contribution in [0.3, 0.4) is 0 Å². The first-order chi connectivity index (χ1) is 9.93. The lowest BCUT2D eigenvalue weighted by Gasteiger charge is -2.20. The Hall–Kier alpha value is -1.12. The number of alkyl halides is 3. The molecular formula is C13H21F3N4O. The number of likely N-dealkylation sites (N-methyl/N-ethyl adjacent to an activating group) is 1. The van der Waals surface area contributed by atoms with Crippen LogP contribution in [0.1, 0.15) is 17.2 Å². The number of nitrogens with one attached hydrogen (secondary N) is 1. The normalized spacial score (nSPS) is 15.5. The van der Waals surface area contributed by atoms with Crippen molar-refractivity contribution < 1.29 is 17.9 Å². The molecule has 2 heterocycles. The van der Waals surface area contributed by atoms with E-state index in [1.54, 1.807) is 7.11 Å². The van der Waals surface area contributed by atoms with Gasteiger partial charge in [0.2, 0.25) is 5.82 Å². The molecule has 120 valence electrons. The van der Waals surface area contributed by atoms with Gasteiger partial charge in [0.1, 0.15) is 0 Å². The van der Waals surface area contributed by atoms with E-state index in [1.165, 1.54) is 4.57 Å². The second-order valence-corrected chi connectivity index (χ2v) is 5.20. The van der Waals surface area contributed by atoms with E-state index >= 15 is 0 Å². The van der Waals surface area contributed by atoms with E-state index in [0.717, 1.165) is 0 Å². The number of nitrogens with zero attached hydrogens (tertiary/aromatic N) is 3. The second kappa shape index (κ2) is 6.76. The third-order valence-corrected chi connectivity index (χ3v) is 3.62. The van der Waals surface area contributed by atoms with Gasteiger partial charge < -0.3 is 19.5 Å². The van der Waals surface area contributed by atoms with E-state index in [4.69, 9.17) is 4.74 Å². The number of ether oxygens (including phenoxy) is 1. The number of hydrogen-bond acceptors (Lipinski definition) is 4. The summed E-state index contributed by atoms with van der Waals surface area (Å²) in [5, 5.41) is 3.06. The zero-order chi connectivity index (χ0) is 15.5. The summed E-state index contributed by atoms with van der Waals surface area (Å²) in [4.78, 5) is 5.75. The highest BCUT2D eigenvalue weighted by Gasteiger charge is 2.39. The third-order valence-electron chi connectivity index (χ3n) is 3.62. The molecule has 0 saturated heterocycles. The minimum atomic E-state index is -4.41. The van der Waals surface area contributed by atoms with Crippen molar-refractivity contribution >= 4 is 0 Å². The van der Waals surface area contributed by atoms with Gasteiger partial charge in [0.25, 0.3) is 0 Å². The van der Waals surface area contributed by atoms with Crippen LogP contribution in [0.25, 0.3) is 0 Å². The molecule has 1 aromatic rings. The zero-order valence-corrected chi connectivity index (χ0v) is 12.3. The zero-order valence-electron chi connectivity index (χ0n) is 12.3. The molecule has 0 spiro atoms. The second-order valence-electron chi connectivity index (χ2n) is 5.20. The van der Waals surface area contributed by atoms with Gasteiger partial charge in [-0.2, -0.15) is 13.2 Å². The Morgan fingerprint density at radius 1 is 1.38 bits per heavy atom. The lowest BCUT2D eigenvalue weighted by molar-refractivity contribution is -0.147. The van der Waals surface area contributed by atoms with E-state index in [9.17, 15) is 13.2 Å². The van der Waals surface area contributed by atoms with Crippen molar-refractivity contribution in [1.29, 1.82) is 0 Å². The SMILES string of the molecule is COCCN(C)CCn1c(C(F)(F)F)nc2c1CCNC2. The molecule has 0 fully saturated rings. The molecule has 0 radical (unpaired) electrons. The summed E-state index contributed by atoms with van der Waals surface area (Å²) < 4.78 is 45.7. The summed E-state index contributed by atoms with van der Waals surface area (Å²) in [5.41, 5.74) is 1.23. The summed E-state index contributed by atoms with van der Waals surface area (Å²) in [7, 11) is 3.48. The van der Waals surface area contributed by atoms with Crippen LogP contribution in [0.2, 0.25) is 0 Å². The van der Waals surface area contributed by atoms with Crippen LogP contribution in [-0.2, 0) is 30.4 Å². The Morgan fingerprint density at radius 3 is 2.81 bits per heavy atom. The minimum Gasteiger partial charge on any atom is -0.383 e. The molecule has 0 amide bonds. The van der Waals surface area contributed by atoms with Gasteiger partial charge in [-0.15, -0.1) is 0 Å². The van der Waals surface area contributed by atoms with Gasteiger partial charge in [-0.05, 0) is 7.05 Å². The molecule has 5 nitrogen and oxygen atoms in total. The number of imidazole rings is 1. The van der Waals surface area contributed by atoms with Gasteiger partial charge in [0.05, 0.1) is 12.3 Å². The topological polar surface area (TPSA) is 42.3 Å². The molecule has 0 unspecified atom stereocenters. The van der Waals surface area contributed by atoms with Crippen molar-refractivity contribution in [3.05, 3.63) is 17.2 Å². The maximum absolute atomic E-state index is 13.1. The molecule has 0 saturated carbocycles. The van der Waals surface area contributed by atoms with Gasteiger partial charge in [0, 0.05) is 51.9 Å². The van der Waals surface area contributed by atoms with Crippen molar-refractivity contribution in [2.45, 2.75) is 25.7 Å². The largest absolute Gasteiger partial charge is 0.449 e. The molecule has 0 atom stereocenters. The van der Waals surface area contributed by atoms with Crippen LogP contribution in [0.15, 0.2) is 0 Å². The lowest BCUT2D eigenvalue weighted by atomic mass is 10.2. The first-order valence-corrected chi connectivity index (χ1v) is 6.97. The van der Waals surface area contributed by atoms with Gasteiger partial charge >= 0.3 is 6.18 Å². The quantitative estimate of drug-likeness (QED) is 0.855. The Kier molecular flexibility index (Phi) is 5.23. The summed E-state index contributed by atoms with van der Waals surface area (Å²) in [6.45, 7) is 3.17. The minimum absolute atomic E-state index is 0.289. The molecule has 1 aliphatic rings. The van der Waals surface area contributed by atoms with E-state index in [1.807, 2.05) is 11.9 Å². The Bertz CT molecular complexity index is 473. The summed E-state index contributed by atoms with van der Waals surface area (Å²) in [6.07, 6.45) is -3.83. The summed E-state index contributed by atoms with van der Waals surface area (Å²) >= 11 is 0. The number of aromatic nitrogens is 2. The fourth-order valence-corrected chi connectivity index (χ4v) is 2.46. The summed E-state index contributed by atoms with van der Waals surface area (Å²) in [5.74, 6) is -0.781. The Labute approximate surface area is 122 Å². The van der Waals surface area contributed by atoms with Gasteiger partial charge in [-0.3, -0.25) is 0 Å². The van der Waals surface area contributed by atoms with Gasteiger partial charge in [0.15, 0.2) is 0 Å². The van der Waals surface area contributed by atoms with Gasteiger partial charge in [-0.25, -0.2) is 4.98 Å². The number of rotatable bonds is 6. The highest BCUT2D eigenvalue weighted by atomic mass is 19.4. The van der Waals surface area contributed by atoms with Crippen molar-refractivity contribution in [1.82, 2.24) is 19.8 Å². The molecule has 0 bridgehead atoms. The maximum atomic E-state index is 13.1. The molecular weight excluding hydrogens is 285 g/mol. The predicted octanol–water partition coefficient (Wildman–Crippen LogP) is 1.13. The van der Waals surface area contributed by atoms with Crippen molar-refractivity contribution in [3.8, 4) is 0 Å². The predicted molar refractivity (Wildman–Crippen MR) is 72.0 cm³/mol. The lowest BCUT2D eigenvalue weighted by Crippen LogP contribution is -2.30. The van der Waals surface area contributed by atoms with Crippen molar-refractivity contribution in [2.24, 2.45) is 0 Å². The fraction of sp³-hybridized carbons (Fsp3) is 0.769. The highest BCUT2D eigenvalue weighted by Crippen LogP contribution is 2.31. The number of fused-ring (bicyclic) bond motifs is 1. The first kappa shape index (κ1) is 16.3. The molecule has 1 aliphatic heterocycles. The average Bonchev–Trinajstić information content (AvgIpc) is 2.81. The average molecular weight is 306 g/mol.